The molecule has 2 nitrogen and oxygen atoms in total. The summed E-state index contributed by atoms with van der Waals surface area (Å²) in [7, 11) is 0. The van der Waals surface area contributed by atoms with Gasteiger partial charge in [0.05, 0.1) is 0 Å². The number of benzene rings is 2. The van der Waals surface area contributed by atoms with Crippen LogP contribution in [0.1, 0.15) is 23.1 Å². The lowest BCUT2D eigenvalue weighted by Gasteiger charge is -2.21. The van der Waals surface area contributed by atoms with E-state index >= 15 is 0 Å². The molecule has 0 bridgehead atoms. The fraction of sp³-hybridized carbons (Fsp3) is 0.368. The minimum absolute atomic E-state index is 1.01. The summed E-state index contributed by atoms with van der Waals surface area (Å²) in [6, 6.07) is 17.4. The molecule has 0 spiro atoms. The lowest BCUT2D eigenvalue weighted by Crippen LogP contribution is -2.29. The van der Waals surface area contributed by atoms with Gasteiger partial charge in [-0.05, 0) is 49.1 Å². The number of nitrogens with one attached hydrogen (secondary N) is 1. The lowest BCUT2D eigenvalue weighted by atomic mass is 10.0. The third kappa shape index (κ3) is 3.64. The minimum Gasteiger partial charge on any atom is -0.384 e. The molecule has 0 fully saturated rings. The van der Waals surface area contributed by atoms with E-state index in [0.29, 0.717) is 0 Å². The third-order valence-electron chi connectivity index (χ3n) is 4.32. The van der Waals surface area contributed by atoms with Crippen LogP contribution in [-0.4, -0.2) is 24.5 Å². The van der Waals surface area contributed by atoms with E-state index in [2.05, 4.69) is 65.7 Å². The topological polar surface area (TPSA) is 15.3 Å². The number of rotatable bonds is 4. The first-order valence-electron chi connectivity index (χ1n) is 7.91. The van der Waals surface area contributed by atoms with Crippen molar-refractivity contribution in [3.8, 4) is 0 Å². The Labute approximate surface area is 127 Å². The van der Waals surface area contributed by atoms with Crippen LogP contribution < -0.4 is 5.32 Å². The van der Waals surface area contributed by atoms with Crippen molar-refractivity contribution >= 4 is 5.69 Å². The van der Waals surface area contributed by atoms with Crippen molar-refractivity contribution < 1.29 is 0 Å². The molecule has 2 aromatic rings. The van der Waals surface area contributed by atoms with Crippen LogP contribution in [0.4, 0.5) is 5.69 Å². The van der Waals surface area contributed by atoms with Crippen molar-refractivity contribution in [2.75, 3.05) is 25.0 Å². The molecule has 21 heavy (non-hydrogen) atoms. The van der Waals surface area contributed by atoms with Gasteiger partial charge in [0.25, 0.3) is 0 Å². The smallest absolute Gasteiger partial charge is 0.0370 e. The lowest BCUT2D eigenvalue weighted by molar-refractivity contribution is 0.280. The Kier molecular flexibility index (Phi) is 4.56. The fourth-order valence-electron chi connectivity index (χ4n) is 3.08. The zero-order valence-electron chi connectivity index (χ0n) is 12.8. The molecule has 0 amide bonds. The number of hydrogen-bond acceptors (Lipinski definition) is 2. The molecule has 110 valence electrons. The van der Waals surface area contributed by atoms with Gasteiger partial charge in [0.15, 0.2) is 0 Å². The predicted octanol–water partition coefficient (Wildman–Crippen LogP) is 3.86. The van der Waals surface area contributed by atoms with Crippen LogP contribution in [0.25, 0.3) is 0 Å². The largest absolute Gasteiger partial charge is 0.384 e. The number of fused-ring (bicyclic) bond motifs is 1. The molecular formula is C19H24N2. The molecule has 0 saturated heterocycles. The van der Waals surface area contributed by atoms with Gasteiger partial charge in [0.2, 0.25) is 0 Å². The van der Waals surface area contributed by atoms with Gasteiger partial charge in [-0.1, -0.05) is 42.5 Å². The van der Waals surface area contributed by atoms with Crippen LogP contribution in [0.5, 0.6) is 0 Å². The van der Waals surface area contributed by atoms with Crippen LogP contribution in [0, 0.1) is 6.92 Å². The highest BCUT2D eigenvalue weighted by Crippen LogP contribution is 2.18. The van der Waals surface area contributed by atoms with Crippen molar-refractivity contribution in [1.29, 1.82) is 0 Å². The Bertz CT molecular complexity index is 592. The van der Waals surface area contributed by atoms with Crippen molar-refractivity contribution in [3.63, 3.8) is 0 Å². The molecule has 0 radical (unpaired) electrons. The first-order chi connectivity index (χ1) is 10.3. The average molecular weight is 280 g/mol. The van der Waals surface area contributed by atoms with Crippen molar-refractivity contribution in [1.82, 2.24) is 4.90 Å². The SMILES string of the molecule is Cc1ccccc1NCCN1CCCc2ccccc2C1. The van der Waals surface area contributed by atoms with Crippen LogP contribution >= 0.6 is 0 Å². The monoisotopic (exact) mass is 280 g/mol. The maximum Gasteiger partial charge on any atom is 0.0370 e. The van der Waals surface area contributed by atoms with E-state index in [1.807, 2.05) is 0 Å². The molecule has 0 atom stereocenters. The summed E-state index contributed by atoms with van der Waals surface area (Å²) in [4.78, 5) is 2.57. The molecule has 1 heterocycles. The first kappa shape index (κ1) is 14.2. The van der Waals surface area contributed by atoms with E-state index in [4.69, 9.17) is 0 Å². The van der Waals surface area contributed by atoms with E-state index < -0.39 is 0 Å². The van der Waals surface area contributed by atoms with Gasteiger partial charge in [-0.3, -0.25) is 4.90 Å². The highest BCUT2D eigenvalue weighted by molar-refractivity contribution is 5.50. The second kappa shape index (κ2) is 6.77. The predicted molar refractivity (Wildman–Crippen MR) is 89.7 cm³/mol. The Hall–Kier alpha value is -1.80. The Morgan fingerprint density at radius 3 is 2.62 bits per heavy atom. The maximum absolute atomic E-state index is 3.56. The van der Waals surface area contributed by atoms with Gasteiger partial charge in [-0.25, -0.2) is 0 Å². The number of aryl methyl sites for hydroxylation is 2. The second-order valence-corrected chi connectivity index (χ2v) is 5.89. The van der Waals surface area contributed by atoms with Crippen LogP contribution in [0.3, 0.4) is 0 Å². The van der Waals surface area contributed by atoms with Crippen molar-refractivity contribution in [2.24, 2.45) is 0 Å². The second-order valence-electron chi connectivity index (χ2n) is 5.89. The highest BCUT2D eigenvalue weighted by atomic mass is 15.1. The van der Waals surface area contributed by atoms with Crippen LogP contribution in [0.2, 0.25) is 0 Å². The minimum atomic E-state index is 1.01. The molecule has 2 heteroatoms. The Morgan fingerprint density at radius 1 is 1.00 bits per heavy atom. The number of anilines is 1. The Morgan fingerprint density at radius 2 is 1.76 bits per heavy atom. The third-order valence-corrected chi connectivity index (χ3v) is 4.32. The van der Waals surface area contributed by atoms with E-state index in [1.165, 1.54) is 41.8 Å². The summed E-state index contributed by atoms with van der Waals surface area (Å²) in [6.45, 7) is 6.55. The summed E-state index contributed by atoms with van der Waals surface area (Å²) in [6.07, 6.45) is 2.49. The van der Waals surface area contributed by atoms with E-state index in [9.17, 15) is 0 Å². The molecular weight excluding hydrogens is 256 g/mol. The first-order valence-corrected chi connectivity index (χ1v) is 7.91. The van der Waals surface area contributed by atoms with Gasteiger partial charge in [0, 0.05) is 25.3 Å². The molecule has 0 aliphatic carbocycles. The van der Waals surface area contributed by atoms with Gasteiger partial charge < -0.3 is 5.32 Å². The summed E-state index contributed by atoms with van der Waals surface area (Å²) in [5.74, 6) is 0. The zero-order valence-corrected chi connectivity index (χ0v) is 12.8. The number of para-hydroxylation sites is 1. The molecule has 0 aromatic heterocycles. The van der Waals surface area contributed by atoms with E-state index in [1.54, 1.807) is 0 Å². The molecule has 0 unspecified atom stereocenters. The molecule has 3 rings (SSSR count). The van der Waals surface area contributed by atoms with Crippen LogP contribution in [-0.2, 0) is 13.0 Å². The van der Waals surface area contributed by atoms with Gasteiger partial charge >= 0.3 is 0 Å². The zero-order chi connectivity index (χ0) is 14.5. The molecule has 0 saturated carbocycles. The summed E-state index contributed by atoms with van der Waals surface area (Å²) < 4.78 is 0. The summed E-state index contributed by atoms with van der Waals surface area (Å²) in [5.41, 5.74) is 5.61. The molecule has 1 N–H and O–H groups in total. The van der Waals surface area contributed by atoms with Gasteiger partial charge in [-0.15, -0.1) is 0 Å². The fourth-order valence-corrected chi connectivity index (χ4v) is 3.08. The maximum atomic E-state index is 3.56. The van der Waals surface area contributed by atoms with Crippen molar-refractivity contribution in [2.45, 2.75) is 26.3 Å². The van der Waals surface area contributed by atoms with Gasteiger partial charge in [0.1, 0.15) is 0 Å². The number of nitrogens with zero attached hydrogens (tertiary/aromatic N) is 1. The molecule has 2 aromatic carbocycles. The normalized spacial score (nSPS) is 15.3. The average Bonchev–Trinajstić information content (AvgIpc) is 2.71. The van der Waals surface area contributed by atoms with Crippen molar-refractivity contribution in [3.05, 3.63) is 65.2 Å². The van der Waals surface area contributed by atoms with Crippen LogP contribution in [0.15, 0.2) is 48.5 Å². The molecule has 1 aliphatic rings. The molecule has 1 aliphatic heterocycles. The van der Waals surface area contributed by atoms with E-state index in [0.717, 1.165) is 19.6 Å². The Balaban J connectivity index is 1.55. The summed E-state index contributed by atoms with van der Waals surface area (Å²) >= 11 is 0. The van der Waals surface area contributed by atoms with Gasteiger partial charge in [-0.2, -0.15) is 0 Å². The summed E-state index contributed by atoms with van der Waals surface area (Å²) in [5, 5.41) is 3.56. The number of hydrogen-bond donors (Lipinski definition) is 1. The quantitative estimate of drug-likeness (QED) is 0.915. The highest BCUT2D eigenvalue weighted by Gasteiger charge is 2.13. The van der Waals surface area contributed by atoms with E-state index in [-0.39, 0.29) is 0 Å². The standard InChI is InChI=1S/C19H24N2/c1-16-7-2-5-11-19(16)20-12-14-21-13-6-10-17-8-3-4-9-18(17)15-21/h2-5,7-9,11,20H,6,10,12-15H2,1H3.